The highest BCUT2D eigenvalue weighted by Gasteiger charge is 2.56. The summed E-state index contributed by atoms with van der Waals surface area (Å²) in [5.74, 6) is -1.00. The number of aromatic amines is 1. The predicted octanol–water partition coefficient (Wildman–Crippen LogP) is -0.464. The van der Waals surface area contributed by atoms with Crippen LogP contribution in [-0.2, 0) is 28.8 Å². The average Bonchev–Trinajstić information content (AvgIpc) is 2.93. The van der Waals surface area contributed by atoms with Crippen LogP contribution in [0.1, 0.15) is 20.1 Å². The summed E-state index contributed by atoms with van der Waals surface area (Å²) in [5.41, 5.74) is -1.34. The molecule has 13 heteroatoms. The number of fused-ring (bicyclic) bond motifs is 1. The fourth-order valence-electron chi connectivity index (χ4n) is 2.82. The second-order valence-corrected chi connectivity index (χ2v) is 7.93. The monoisotopic (exact) mass is 442 g/mol. The number of rotatable bonds is 4. The van der Waals surface area contributed by atoms with Crippen LogP contribution in [0.2, 0.25) is 0 Å². The summed E-state index contributed by atoms with van der Waals surface area (Å²) in [4.78, 5) is 25.7. The molecule has 0 unspecified atom stereocenters. The van der Waals surface area contributed by atoms with Gasteiger partial charge in [-0.05, 0) is 29.8 Å². The van der Waals surface area contributed by atoms with E-state index in [0.717, 1.165) is 4.57 Å². The first kappa shape index (κ1) is 18.7. The molecule has 2 aliphatic heterocycles. The van der Waals surface area contributed by atoms with E-state index in [1.54, 1.807) is 13.8 Å². The maximum Gasteiger partial charge on any atom is 0.397 e. The van der Waals surface area contributed by atoms with Crippen molar-refractivity contribution >= 4 is 26.3 Å². The lowest BCUT2D eigenvalue weighted by Crippen LogP contribution is -2.37. The van der Waals surface area contributed by atoms with Crippen LogP contribution in [0.25, 0.3) is 0 Å². The number of hydrogen-bond acceptors (Lipinski definition) is 8. The molecule has 0 saturated carbocycles. The van der Waals surface area contributed by atoms with Gasteiger partial charge in [0.1, 0.15) is 18.3 Å². The van der Waals surface area contributed by atoms with Crippen LogP contribution >= 0.6 is 15.9 Å². The van der Waals surface area contributed by atoms with Gasteiger partial charge in [-0.1, -0.05) is 0 Å². The molecule has 2 N–H and O–H groups in total. The first-order valence-corrected chi connectivity index (χ1v) is 9.26. The lowest BCUT2D eigenvalue weighted by molar-refractivity contribution is -0.199. The molecule has 0 bridgehead atoms. The Bertz CT molecular complexity index is 893. The first-order chi connectivity index (χ1) is 11.5. The molecule has 0 aliphatic carbocycles. The molecule has 11 nitrogen and oxygen atoms in total. The lowest BCUT2D eigenvalue weighted by atomic mass is 10.1. The Morgan fingerprint density at radius 2 is 2.00 bits per heavy atom. The quantitative estimate of drug-likeness (QED) is 0.590. The molecular formula is C12H15BrN2O9S. The van der Waals surface area contributed by atoms with Crippen molar-refractivity contribution in [2.45, 2.75) is 44.2 Å². The molecule has 0 spiro atoms. The largest absolute Gasteiger partial charge is 0.397 e. The normalized spacial score (nSPS) is 31.2. The zero-order chi connectivity index (χ0) is 18.6. The Kier molecular flexibility index (Phi) is 4.68. The number of H-pyrrole nitrogens is 1. The van der Waals surface area contributed by atoms with Crippen molar-refractivity contribution in [3.63, 3.8) is 0 Å². The van der Waals surface area contributed by atoms with Gasteiger partial charge in [0.05, 0.1) is 11.1 Å². The molecule has 2 aliphatic rings. The summed E-state index contributed by atoms with van der Waals surface area (Å²) in [5, 5.41) is 0. The summed E-state index contributed by atoms with van der Waals surface area (Å²) in [7, 11) is -4.67. The minimum Gasteiger partial charge on any atom is -0.346 e. The summed E-state index contributed by atoms with van der Waals surface area (Å²) in [6, 6.07) is 0. The molecule has 3 rings (SSSR count). The van der Waals surface area contributed by atoms with E-state index in [2.05, 4.69) is 25.1 Å². The number of nitrogens with one attached hydrogen (secondary N) is 1. The van der Waals surface area contributed by atoms with Crippen LogP contribution in [0.4, 0.5) is 0 Å². The Balaban J connectivity index is 1.94. The number of nitrogens with zero attached hydrogens (tertiary/aromatic N) is 1. The highest BCUT2D eigenvalue weighted by atomic mass is 79.9. The van der Waals surface area contributed by atoms with Crippen molar-refractivity contribution in [1.29, 1.82) is 0 Å². The molecule has 0 radical (unpaired) electrons. The highest BCUT2D eigenvalue weighted by molar-refractivity contribution is 9.10. The van der Waals surface area contributed by atoms with Crippen LogP contribution in [0.15, 0.2) is 20.3 Å². The van der Waals surface area contributed by atoms with Gasteiger partial charge in [-0.2, -0.15) is 8.42 Å². The van der Waals surface area contributed by atoms with Gasteiger partial charge < -0.3 is 14.2 Å². The molecule has 1 aromatic heterocycles. The van der Waals surface area contributed by atoms with Crippen molar-refractivity contribution in [3.8, 4) is 0 Å². The maximum atomic E-state index is 12.1. The molecule has 3 heterocycles. The van der Waals surface area contributed by atoms with Gasteiger partial charge in [-0.15, -0.1) is 0 Å². The van der Waals surface area contributed by atoms with Crippen LogP contribution in [0.5, 0.6) is 0 Å². The summed E-state index contributed by atoms with van der Waals surface area (Å²) < 4.78 is 53.0. The van der Waals surface area contributed by atoms with E-state index >= 15 is 0 Å². The molecule has 4 atom stereocenters. The van der Waals surface area contributed by atoms with E-state index in [-0.39, 0.29) is 4.47 Å². The first-order valence-electron chi connectivity index (χ1n) is 7.11. The van der Waals surface area contributed by atoms with Gasteiger partial charge in [-0.3, -0.25) is 18.9 Å². The Morgan fingerprint density at radius 1 is 1.36 bits per heavy atom. The van der Waals surface area contributed by atoms with Gasteiger partial charge in [0, 0.05) is 6.20 Å². The number of aromatic nitrogens is 2. The Labute approximate surface area is 149 Å². The van der Waals surface area contributed by atoms with Gasteiger partial charge in [0.25, 0.3) is 5.56 Å². The summed E-state index contributed by atoms with van der Waals surface area (Å²) in [6.07, 6.45) is -2.21. The molecule has 140 valence electrons. The van der Waals surface area contributed by atoms with Crippen molar-refractivity contribution in [3.05, 3.63) is 31.5 Å². The van der Waals surface area contributed by atoms with Gasteiger partial charge in [-0.25, -0.2) is 8.98 Å². The SMILES string of the molecule is CC1(C)O[C@@H]2[C@H](O1)[C@@H](COS(=O)(=O)O)O[C@H]2n1cc(Br)c(=O)[nH]c1=O. The third-order valence-electron chi connectivity index (χ3n) is 3.71. The third-order valence-corrected chi connectivity index (χ3v) is 4.70. The molecule has 0 aromatic carbocycles. The number of ether oxygens (including phenoxy) is 3. The number of hydrogen-bond donors (Lipinski definition) is 2. The second kappa shape index (κ2) is 6.26. The van der Waals surface area contributed by atoms with E-state index in [1.807, 2.05) is 0 Å². The fourth-order valence-corrected chi connectivity index (χ4v) is 3.45. The van der Waals surface area contributed by atoms with Crippen LogP contribution in [-0.4, -0.2) is 53.2 Å². The third kappa shape index (κ3) is 3.86. The highest BCUT2D eigenvalue weighted by Crippen LogP contribution is 2.42. The molecule has 2 saturated heterocycles. The van der Waals surface area contributed by atoms with Crippen LogP contribution in [0, 0.1) is 0 Å². The van der Waals surface area contributed by atoms with Crippen molar-refractivity contribution in [1.82, 2.24) is 9.55 Å². The van der Waals surface area contributed by atoms with Crippen molar-refractivity contribution in [2.75, 3.05) is 6.61 Å². The van der Waals surface area contributed by atoms with Crippen molar-refractivity contribution < 1.29 is 31.4 Å². The standard InChI is InChI=1S/C12H15BrN2O9S/c1-12(2)23-7-6(4-21-25(18,19)20)22-10(8(7)24-12)15-3-5(13)9(16)14-11(15)17/h3,6-8,10H,4H2,1-2H3,(H,14,16,17)(H,18,19,20)/t6-,7-,8-,10-/m1/s1. The zero-order valence-corrected chi connectivity index (χ0v) is 15.4. The summed E-state index contributed by atoms with van der Waals surface area (Å²) in [6.45, 7) is 2.76. The van der Waals surface area contributed by atoms with Crippen LogP contribution < -0.4 is 11.2 Å². The van der Waals surface area contributed by atoms with E-state index in [9.17, 15) is 18.0 Å². The minimum absolute atomic E-state index is 0.100. The van der Waals surface area contributed by atoms with E-state index < -0.39 is 58.6 Å². The second-order valence-electron chi connectivity index (χ2n) is 5.99. The van der Waals surface area contributed by atoms with E-state index in [0.29, 0.717) is 0 Å². The topological polar surface area (TPSA) is 146 Å². The van der Waals surface area contributed by atoms with Crippen LogP contribution in [0.3, 0.4) is 0 Å². The van der Waals surface area contributed by atoms with Gasteiger partial charge in [0.2, 0.25) is 0 Å². The molecule has 25 heavy (non-hydrogen) atoms. The summed E-state index contributed by atoms with van der Waals surface area (Å²) >= 11 is 3.03. The zero-order valence-electron chi connectivity index (χ0n) is 13.0. The minimum atomic E-state index is -4.67. The van der Waals surface area contributed by atoms with E-state index in [1.165, 1.54) is 6.20 Å². The molecule has 0 amide bonds. The fraction of sp³-hybridized carbons (Fsp3) is 0.667. The smallest absolute Gasteiger partial charge is 0.346 e. The Morgan fingerprint density at radius 3 is 2.64 bits per heavy atom. The lowest BCUT2D eigenvalue weighted by Gasteiger charge is -2.24. The molecule has 1 aromatic rings. The van der Waals surface area contributed by atoms with Gasteiger partial charge in [0.15, 0.2) is 12.0 Å². The average molecular weight is 443 g/mol. The van der Waals surface area contributed by atoms with Gasteiger partial charge >= 0.3 is 16.1 Å². The molecular weight excluding hydrogens is 428 g/mol. The predicted molar refractivity (Wildman–Crippen MR) is 84.3 cm³/mol. The molecule has 2 fully saturated rings. The van der Waals surface area contributed by atoms with Crippen molar-refractivity contribution in [2.24, 2.45) is 0 Å². The Hall–Kier alpha value is -1.09. The van der Waals surface area contributed by atoms with E-state index in [4.69, 9.17) is 18.8 Å². The number of halogens is 1. The maximum absolute atomic E-state index is 12.1.